The highest BCUT2D eigenvalue weighted by molar-refractivity contribution is 8.00. The second kappa shape index (κ2) is 5.04. The third-order valence-corrected chi connectivity index (χ3v) is 7.48. The summed E-state index contributed by atoms with van der Waals surface area (Å²) in [5, 5.41) is 13.3. The van der Waals surface area contributed by atoms with Crippen LogP contribution in [0.15, 0.2) is 0 Å². The molecule has 2 amide bonds. The fourth-order valence-electron chi connectivity index (χ4n) is 3.20. The molecular weight excluding hydrogens is 280 g/mol. The van der Waals surface area contributed by atoms with Crippen molar-refractivity contribution in [3.05, 3.63) is 0 Å². The van der Waals surface area contributed by atoms with Gasteiger partial charge in [0, 0.05) is 23.6 Å². The van der Waals surface area contributed by atoms with Gasteiger partial charge in [-0.3, -0.25) is 0 Å². The molecule has 0 aromatic rings. The van der Waals surface area contributed by atoms with E-state index in [-0.39, 0.29) is 17.7 Å². The van der Waals surface area contributed by atoms with Gasteiger partial charge in [-0.2, -0.15) is 23.5 Å². The van der Waals surface area contributed by atoms with Crippen molar-refractivity contribution in [2.24, 2.45) is 0 Å². The third-order valence-electron chi connectivity index (χ3n) is 4.86. The zero-order valence-electron chi connectivity index (χ0n) is 11.4. The van der Waals surface area contributed by atoms with Crippen LogP contribution in [0.1, 0.15) is 25.7 Å². The molecule has 0 aromatic carbocycles. The summed E-state index contributed by atoms with van der Waals surface area (Å²) in [5.74, 6) is 1.94. The minimum absolute atomic E-state index is 0.0272. The second-order valence-electron chi connectivity index (χ2n) is 5.91. The summed E-state index contributed by atoms with van der Waals surface area (Å²) in [5.41, 5.74) is -0.287. The number of amides is 2. The molecular formula is C13H22N2O2S2. The van der Waals surface area contributed by atoms with Crippen LogP contribution in [0.5, 0.6) is 0 Å². The standard InChI is InChI=1S/C13H22N2O2S2/c1-18-12(3-4-12)8-14-11(17)15-6-2-10(16)13(15)5-7-19-9-13/h10,16H,2-9H2,1H3,(H,14,17). The average molecular weight is 302 g/mol. The quantitative estimate of drug-likeness (QED) is 0.830. The lowest BCUT2D eigenvalue weighted by molar-refractivity contribution is 0.0621. The van der Waals surface area contributed by atoms with E-state index in [1.807, 2.05) is 28.4 Å². The summed E-state index contributed by atoms with van der Waals surface area (Å²) >= 11 is 3.71. The number of nitrogens with one attached hydrogen (secondary N) is 1. The van der Waals surface area contributed by atoms with Crippen LogP contribution < -0.4 is 5.32 Å². The number of nitrogens with zero attached hydrogens (tertiary/aromatic N) is 1. The molecule has 2 heterocycles. The number of hydrogen-bond donors (Lipinski definition) is 2. The maximum Gasteiger partial charge on any atom is 0.318 e. The summed E-state index contributed by atoms with van der Waals surface area (Å²) in [6.07, 6.45) is 5.84. The molecule has 2 unspecified atom stereocenters. The number of aliphatic hydroxyl groups excluding tert-OH is 1. The molecule has 2 N–H and O–H groups in total. The Labute approximate surface area is 123 Å². The first kappa shape index (κ1) is 13.9. The SMILES string of the molecule is CSC1(CNC(=O)N2CCC(O)C23CCSC3)CC1. The Bertz CT molecular complexity index is 368. The summed E-state index contributed by atoms with van der Waals surface area (Å²) < 4.78 is 0.297. The second-order valence-corrected chi connectivity index (χ2v) is 8.29. The predicted octanol–water partition coefficient (Wildman–Crippen LogP) is 1.53. The molecule has 4 nitrogen and oxygen atoms in total. The topological polar surface area (TPSA) is 52.6 Å². The Hall–Kier alpha value is -0.0700. The zero-order valence-corrected chi connectivity index (χ0v) is 13.0. The Morgan fingerprint density at radius 1 is 1.53 bits per heavy atom. The van der Waals surface area contributed by atoms with Gasteiger partial charge in [0.15, 0.2) is 0 Å². The van der Waals surface area contributed by atoms with Crippen molar-refractivity contribution in [3.63, 3.8) is 0 Å². The van der Waals surface area contributed by atoms with E-state index in [0.29, 0.717) is 11.3 Å². The van der Waals surface area contributed by atoms with Crippen LogP contribution in [-0.2, 0) is 0 Å². The Kier molecular flexibility index (Phi) is 3.69. The molecule has 0 aromatic heterocycles. The molecule has 1 spiro atoms. The van der Waals surface area contributed by atoms with Crippen molar-refractivity contribution in [1.29, 1.82) is 0 Å². The number of thioether (sulfide) groups is 2. The van der Waals surface area contributed by atoms with Gasteiger partial charge in [0.1, 0.15) is 0 Å². The number of hydrogen-bond acceptors (Lipinski definition) is 4. The van der Waals surface area contributed by atoms with E-state index in [2.05, 4.69) is 11.6 Å². The molecule has 6 heteroatoms. The monoisotopic (exact) mass is 302 g/mol. The Morgan fingerprint density at radius 2 is 2.32 bits per heavy atom. The van der Waals surface area contributed by atoms with Gasteiger partial charge in [-0.05, 0) is 37.7 Å². The summed E-state index contributed by atoms with van der Waals surface area (Å²) in [6.45, 7) is 1.46. The molecule has 3 fully saturated rings. The number of carbonyl (C=O) groups is 1. The smallest absolute Gasteiger partial charge is 0.318 e. The van der Waals surface area contributed by atoms with Crippen LogP contribution in [-0.4, -0.2) is 63.3 Å². The first-order chi connectivity index (χ1) is 9.12. The van der Waals surface area contributed by atoms with Crippen LogP contribution in [0.25, 0.3) is 0 Å². The van der Waals surface area contributed by atoms with Crippen molar-refractivity contribution in [2.75, 3.05) is 30.9 Å². The number of likely N-dealkylation sites (tertiary alicyclic amines) is 1. The highest BCUT2D eigenvalue weighted by atomic mass is 32.2. The lowest BCUT2D eigenvalue weighted by Gasteiger charge is -2.36. The molecule has 19 heavy (non-hydrogen) atoms. The molecule has 0 radical (unpaired) electrons. The first-order valence-electron chi connectivity index (χ1n) is 6.98. The highest BCUT2D eigenvalue weighted by Gasteiger charge is 2.52. The van der Waals surface area contributed by atoms with E-state index in [1.165, 1.54) is 12.8 Å². The molecule has 1 saturated carbocycles. The van der Waals surface area contributed by atoms with Crippen LogP contribution in [0.4, 0.5) is 4.79 Å². The van der Waals surface area contributed by atoms with E-state index in [9.17, 15) is 9.90 Å². The van der Waals surface area contributed by atoms with Gasteiger partial charge < -0.3 is 15.3 Å². The molecule has 3 rings (SSSR count). The van der Waals surface area contributed by atoms with Crippen LogP contribution in [0.2, 0.25) is 0 Å². The van der Waals surface area contributed by atoms with Crippen LogP contribution >= 0.6 is 23.5 Å². The first-order valence-corrected chi connectivity index (χ1v) is 9.36. The van der Waals surface area contributed by atoms with Crippen molar-refractivity contribution < 1.29 is 9.90 Å². The molecule has 1 aliphatic carbocycles. The van der Waals surface area contributed by atoms with Crippen LogP contribution in [0.3, 0.4) is 0 Å². The third kappa shape index (κ3) is 2.36. The summed E-state index contributed by atoms with van der Waals surface area (Å²) in [6, 6.07) is 0.0272. The van der Waals surface area contributed by atoms with Gasteiger partial charge in [0.2, 0.25) is 0 Å². The number of carbonyl (C=O) groups excluding carboxylic acids is 1. The van der Waals surface area contributed by atoms with E-state index in [4.69, 9.17) is 0 Å². The molecule has 0 bridgehead atoms. The van der Waals surface area contributed by atoms with Gasteiger partial charge >= 0.3 is 6.03 Å². The lowest BCUT2D eigenvalue weighted by atomic mass is 9.93. The fraction of sp³-hybridized carbons (Fsp3) is 0.923. The van der Waals surface area contributed by atoms with Crippen molar-refractivity contribution in [2.45, 2.75) is 42.1 Å². The normalized spacial score (nSPS) is 35.9. The number of aliphatic hydroxyl groups is 1. The Morgan fingerprint density at radius 3 is 2.89 bits per heavy atom. The van der Waals surface area contributed by atoms with E-state index < -0.39 is 0 Å². The summed E-state index contributed by atoms with van der Waals surface area (Å²) in [4.78, 5) is 14.3. The van der Waals surface area contributed by atoms with Gasteiger partial charge in [-0.25, -0.2) is 4.79 Å². The van der Waals surface area contributed by atoms with Crippen LogP contribution in [0, 0.1) is 0 Å². The van der Waals surface area contributed by atoms with Gasteiger partial charge in [-0.15, -0.1) is 0 Å². The zero-order chi connectivity index (χ0) is 13.5. The van der Waals surface area contributed by atoms with Crippen molar-refractivity contribution in [3.8, 4) is 0 Å². The average Bonchev–Trinajstić information content (AvgIpc) is 2.92. The highest BCUT2D eigenvalue weighted by Crippen LogP contribution is 2.46. The van der Waals surface area contributed by atoms with Crippen molar-refractivity contribution >= 4 is 29.6 Å². The Balaban J connectivity index is 1.63. The predicted molar refractivity (Wildman–Crippen MR) is 80.9 cm³/mol. The van der Waals surface area contributed by atoms with E-state index in [1.54, 1.807) is 0 Å². The lowest BCUT2D eigenvalue weighted by Crippen LogP contribution is -2.56. The summed E-state index contributed by atoms with van der Waals surface area (Å²) in [7, 11) is 0. The van der Waals surface area contributed by atoms with Gasteiger partial charge in [0.25, 0.3) is 0 Å². The van der Waals surface area contributed by atoms with E-state index >= 15 is 0 Å². The van der Waals surface area contributed by atoms with E-state index in [0.717, 1.165) is 30.9 Å². The molecule has 108 valence electrons. The fourth-order valence-corrected chi connectivity index (χ4v) is 5.41. The molecule has 2 saturated heterocycles. The van der Waals surface area contributed by atoms with Crippen molar-refractivity contribution in [1.82, 2.24) is 10.2 Å². The molecule has 2 aliphatic heterocycles. The maximum atomic E-state index is 12.4. The minimum atomic E-state index is -0.344. The largest absolute Gasteiger partial charge is 0.391 e. The number of urea groups is 1. The molecule has 2 atom stereocenters. The minimum Gasteiger partial charge on any atom is -0.391 e. The maximum absolute atomic E-state index is 12.4. The molecule has 3 aliphatic rings. The number of rotatable bonds is 3. The van der Waals surface area contributed by atoms with Gasteiger partial charge in [-0.1, -0.05) is 0 Å². The van der Waals surface area contributed by atoms with Gasteiger partial charge in [0.05, 0.1) is 11.6 Å².